The van der Waals surface area contributed by atoms with Crippen molar-refractivity contribution < 1.29 is 9.90 Å². The number of aliphatic hydroxyl groups is 1. The van der Waals surface area contributed by atoms with Crippen molar-refractivity contribution in [3.05, 3.63) is 59.0 Å². The number of nitrogens with one attached hydrogen (secondary N) is 2. The van der Waals surface area contributed by atoms with E-state index in [2.05, 4.69) is 15.3 Å². The zero-order chi connectivity index (χ0) is 23.3. The van der Waals surface area contributed by atoms with E-state index in [0.717, 1.165) is 28.8 Å². The largest absolute Gasteiger partial charge is 0.394 e. The minimum absolute atomic E-state index is 0.0612. The van der Waals surface area contributed by atoms with Crippen LogP contribution in [0.1, 0.15) is 56.7 Å². The third-order valence-electron chi connectivity index (χ3n) is 8.56. The number of aromatic amines is 1. The lowest BCUT2D eigenvalue weighted by Crippen LogP contribution is -2.47. The van der Waals surface area contributed by atoms with Crippen molar-refractivity contribution in [3.8, 4) is 0 Å². The second-order valence-electron chi connectivity index (χ2n) is 11.1. The molecule has 1 atom stereocenters. The molecule has 4 fully saturated rings. The molecule has 0 saturated heterocycles. The molecule has 0 spiro atoms. The summed E-state index contributed by atoms with van der Waals surface area (Å²) in [6.07, 6.45) is 13.8. The zero-order valence-electron chi connectivity index (χ0n) is 19.4. The van der Waals surface area contributed by atoms with Crippen LogP contribution in [0.25, 0.3) is 10.8 Å². The summed E-state index contributed by atoms with van der Waals surface area (Å²) < 4.78 is 1.57. The van der Waals surface area contributed by atoms with Crippen LogP contribution in [-0.2, 0) is 11.2 Å². The van der Waals surface area contributed by atoms with Gasteiger partial charge in [0.05, 0.1) is 19.0 Å². The first-order valence-electron chi connectivity index (χ1n) is 12.5. The Bertz CT molecular complexity index is 1230. The maximum atomic E-state index is 13.3. The molecular weight excluding hydrogens is 428 g/mol. The molecule has 2 heterocycles. The highest BCUT2D eigenvalue weighted by molar-refractivity contribution is 6.02. The van der Waals surface area contributed by atoms with Crippen molar-refractivity contribution in [2.24, 2.45) is 23.2 Å². The molecule has 7 nitrogen and oxygen atoms in total. The maximum absolute atomic E-state index is 13.3. The molecule has 4 bridgehead atoms. The van der Waals surface area contributed by atoms with Crippen LogP contribution >= 0.6 is 0 Å². The topological polar surface area (TPSA) is 100 Å². The van der Waals surface area contributed by atoms with Crippen LogP contribution < -0.4 is 10.9 Å². The summed E-state index contributed by atoms with van der Waals surface area (Å²) in [4.78, 5) is 33.5. The van der Waals surface area contributed by atoms with E-state index in [1.54, 1.807) is 29.4 Å². The quantitative estimate of drug-likeness (QED) is 0.495. The number of H-pyrrole nitrogens is 1. The van der Waals surface area contributed by atoms with Gasteiger partial charge in [-0.15, -0.1) is 0 Å². The van der Waals surface area contributed by atoms with Gasteiger partial charge in [0.1, 0.15) is 0 Å². The Morgan fingerprint density at radius 1 is 1.15 bits per heavy atom. The molecule has 4 aliphatic carbocycles. The summed E-state index contributed by atoms with van der Waals surface area (Å²) >= 11 is 0. The van der Waals surface area contributed by atoms with Crippen LogP contribution in [-0.4, -0.2) is 32.2 Å². The predicted molar refractivity (Wildman–Crippen MR) is 130 cm³/mol. The van der Waals surface area contributed by atoms with Crippen LogP contribution in [0.15, 0.2) is 47.8 Å². The first-order chi connectivity index (χ1) is 16.5. The van der Waals surface area contributed by atoms with Gasteiger partial charge in [-0.05, 0) is 79.9 Å². The van der Waals surface area contributed by atoms with Gasteiger partial charge >= 0.3 is 0 Å². The number of benzene rings is 1. The number of aliphatic hydroxyl groups excluding tert-OH is 1. The van der Waals surface area contributed by atoms with E-state index in [-0.39, 0.29) is 23.5 Å². The fraction of sp³-hybridized carbons (Fsp3) is 0.519. The molecule has 7 heteroatoms. The van der Waals surface area contributed by atoms with Crippen LogP contribution in [0.3, 0.4) is 0 Å². The molecule has 1 amide bonds. The van der Waals surface area contributed by atoms with Gasteiger partial charge < -0.3 is 20.0 Å². The van der Waals surface area contributed by atoms with Gasteiger partial charge in [-0.1, -0.05) is 6.07 Å². The van der Waals surface area contributed by atoms with Gasteiger partial charge in [0.25, 0.3) is 5.56 Å². The van der Waals surface area contributed by atoms with Crippen molar-refractivity contribution in [2.45, 2.75) is 57.4 Å². The highest BCUT2D eigenvalue weighted by Crippen LogP contribution is 2.61. The highest BCUT2D eigenvalue weighted by Gasteiger charge is 2.51. The molecule has 4 saturated carbocycles. The molecule has 1 aromatic carbocycles. The minimum Gasteiger partial charge on any atom is -0.394 e. The lowest BCUT2D eigenvalue weighted by Gasteiger charge is -2.56. The Balaban J connectivity index is 1.23. The van der Waals surface area contributed by atoms with Crippen molar-refractivity contribution in [1.82, 2.24) is 14.5 Å². The normalized spacial score (nSPS) is 28.3. The number of carbonyl (C=O) groups is 1. The van der Waals surface area contributed by atoms with E-state index in [1.165, 1.54) is 38.5 Å². The minimum atomic E-state index is -0.397. The number of pyridine rings is 1. The predicted octanol–water partition coefficient (Wildman–Crippen LogP) is 4.05. The third-order valence-corrected chi connectivity index (χ3v) is 8.56. The van der Waals surface area contributed by atoms with Crippen LogP contribution in [0.4, 0.5) is 5.69 Å². The fourth-order valence-electron chi connectivity index (χ4n) is 7.63. The zero-order valence-corrected chi connectivity index (χ0v) is 19.4. The Hall–Kier alpha value is -2.93. The second kappa shape index (κ2) is 8.38. The number of imidazole rings is 1. The average Bonchev–Trinajstić information content (AvgIpc) is 3.30. The summed E-state index contributed by atoms with van der Waals surface area (Å²) in [5.41, 5.74) is 1.55. The summed E-state index contributed by atoms with van der Waals surface area (Å²) in [6.45, 7) is -0.161. The fourth-order valence-corrected chi connectivity index (χ4v) is 7.63. The molecule has 2 aromatic heterocycles. The monoisotopic (exact) mass is 460 g/mol. The third kappa shape index (κ3) is 3.86. The number of aromatic nitrogens is 3. The van der Waals surface area contributed by atoms with E-state index < -0.39 is 6.04 Å². The molecule has 4 aliphatic rings. The molecule has 3 N–H and O–H groups in total. The molecule has 1 unspecified atom stereocenters. The van der Waals surface area contributed by atoms with Gasteiger partial charge in [-0.25, -0.2) is 4.98 Å². The van der Waals surface area contributed by atoms with Gasteiger partial charge in [-0.3, -0.25) is 9.59 Å². The molecule has 0 radical (unpaired) electrons. The first kappa shape index (κ1) is 21.6. The Morgan fingerprint density at radius 3 is 2.53 bits per heavy atom. The molecule has 7 rings (SSSR count). The summed E-state index contributed by atoms with van der Waals surface area (Å²) in [5.74, 6) is 2.51. The van der Waals surface area contributed by atoms with E-state index in [0.29, 0.717) is 23.9 Å². The number of carbonyl (C=O) groups excluding carboxylic acids is 1. The molecule has 178 valence electrons. The van der Waals surface area contributed by atoms with Crippen molar-refractivity contribution in [3.63, 3.8) is 0 Å². The maximum Gasteiger partial charge on any atom is 0.258 e. The number of rotatable bonds is 7. The number of hydrogen-bond donors (Lipinski definition) is 3. The number of hydrogen-bond acceptors (Lipinski definition) is 4. The second-order valence-corrected chi connectivity index (χ2v) is 11.1. The Kier molecular flexibility index (Phi) is 5.32. The summed E-state index contributed by atoms with van der Waals surface area (Å²) in [5, 5.41) is 14.4. The molecule has 0 aliphatic heterocycles. The Labute approximate surface area is 198 Å². The number of nitrogens with zero attached hydrogens (tertiary/aromatic N) is 2. The molecule has 34 heavy (non-hydrogen) atoms. The summed E-state index contributed by atoms with van der Waals surface area (Å²) in [7, 11) is 0. The highest BCUT2D eigenvalue weighted by atomic mass is 16.3. The van der Waals surface area contributed by atoms with Gasteiger partial charge in [-0.2, -0.15) is 0 Å². The number of amides is 1. The molecular formula is C27H32N4O3. The van der Waals surface area contributed by atoms with Crippen LogP contribution in [0.5, 0.6) is 0 Å². The van der Waals surface area contributed by atoms with Crippen molar-refractivity contribution >= 4 is 22.4 Å². The van der Waals surface area contributed by atoms with E-state index in [9.17, 15) is 14.7 Å². The smallest absolute Gasteiger partial charge is 0.258 e. The molecule has 3 aromatic rings. The lowest BCUT2D eigenvalue weighted by molar-refractivity contribution is -0.124. The SMILES string of the molecule is O=C(CC12CC3CC(CC(C3)C1)C2)Nc1cccc2c(=O)n(C(CO)Cc3cnc[nH]3)ccc12. The summed E-state index contributed by atoms with van der Waals surface area (Å²) in [6, 6.07) is 6.95. The number of anilines is 1. The first-order valence-corrected chi connectivity index (χ1v) is 12.5. The van der Waals surface area contributed by atoms with Crippen molar-refractivity contribution in [2.75, 3.05) is 11.9 Å². The van der Waals surface area contributed by atoms with Gasteiger partial charge in [0.2, 0.25) is 5.91 Å². The van der Waals surface area contributed by atoms with Crippen molar-refractivity contribution in [1.29, 1.82) is 0 Å². The number of fused-ring (bicyclic) bond motifs is 1. The van der Waals surface area contributed by atoms with Crippen LogP contribution in [0.2, 0.25) is 0 Å². The lowest BCUT2D eigenvalue weighted by atomic mass is 9.49. The average molecular weight is 461 g/mol. The standard InChI is InChI=1S/C27H32N4O3/c32-15-21(9-20-14-28-16-29-20)31-5-4-22-23(26(31)34)2-1-3-24(22)30-25(33)13-27-10-17-6-18(11-27)8-19(7-17)12-27/h1-5,14,16-19,21,32H,6-13,15H2,(H,28,29)(H,30,33). The van der Waals surface area contributed by atoms with Gasteiger partial charge in [0, 0.05) is 47.4 Å². The van der Waals surface area contributed by atoms with Crippen LogP contribution in [0, 0.1) is 23.2 Å². The van der Waals surface area contributed by atoms with Gasteiger partial charge in [0.15, 0.2) is 0 Å². The van der Waals surface area contributed by atoms with E-state index >= 15 is 0 Å². The Morgan fingerprint density at radius 2 is 1.88 bits per heavy atom. The van der Waals surface area contributed by atoms with E-state index in [1.807, 2.05) is 18.2 Å². The van der Waals surface area contributed by atoms with E-state index in [4.69, 9.17) is 0 Å².